The number of nitrogens with zero attached hydrogens (tertiary/aromatic N) is 3. The highest BCUT2D eigenvalue weighted by molar-refractivity contribution is 5.93. The average molecular weight is 264 g/mol. The maximum Gasteiger partial charge on any atom is 0.271 e. The quantitative estimate of drug-likeness (QED) is 0.293. The lowest BCUT2D eigenvalue weighted by atomic mass is 10.2. The molecule has 0 spiro atoms. The van der Waals surface area contributed by atoms with Crippen LogP contribution in [0, 0.1) is 10.1 Å². The molecule has 0 aliphatic rings. The van der Waals surface area contributed by atoms with Crippen LogP contribution in [0.5, 0.6) is 5.75 Å². The minimum Gasteiger partial charge on any atom is -0.871 e. The number of non-ortho nitro benzene ring substituents is 1. The van der Waals surface area contributed by atoms with Crippen molar-refractivity contribution in [2.75, 3.05) is 0 Å². The van der Waals surface area contributed by atoms with E-state index < -0.39 is 16.5 Å². The summed E-state index contributed by atoms with van der Waals surface area (Å²) in [4.78, 5) is 21.0. The van der Waals surface area contributed by atoms with E-state index in [1.54, 1.807) is 0 Å². The molecule has 1 aromatic carbocycles. The SMILES string of the molecule is CC(=O)/C(N=Nc1cc([N+](=O)[O-])ccc1[O-])=C(\C)O. The number of aliphatic hydroxyl groups is 1. The standard InChI is InChI=1S/C11H11N3O5/c1-6(15)11(7(2)16)13-12-9-5-8(14(18)19)3-4-10(9)17/h3-5,15,17H,1-2H3/p-1/b11-6-,13-12?. The average Bonchev–Trinajstić information content (AvgIpc) is 2.30. The molecule has 0 atom stereocenters. The third-order valence-electron chi connectivity index (χ3n) is 2.09. The first kappa shape index (κ1) is 14.3. The summed E-state index contributed by atoms with van der Waals surface area (Å²) >= 11 is 0. The van der Waals surface area contributed by atoms with Crippen molar-refractivity contribution in [1.29, 1.82) is 0 Å². The van der Waals surface area contributed by atoms with E-state index in [1.165, 1.54) is 13.8 Å². The Morgan fingerprint density at radius 2 is 2.00 bits per heavy atom. The zero-order chi connectivity index (χ0) is 14.6. The number of hydrogen-bond acceptors (Lipinski definition) is 7. The van der Waals surface area contributed by atoms with Gasteiger partial charge >= 0.3 is 0 Å². The lowest BCUT2D eigenvalue weighted by Crippen LogP contribution is -1.97. The van der Waals surface area contributed by atoms with Gasteiger partial charge in [0.05, 0.1) is 10.6 Å². The maximum absolute atomic E-state index is 11.4. The second kappa shape index (κ2) is 5.71. The van der Waals surface area contributed by atoms with E-state index in [-0.39, 0.29) is 22.8 Å². The summed E-state index contributed by atoms with van der Waals surface area (Å²) in [6, 6.07) is 2.96. The molecule has 8 nitrogen and oxygen atoms in total. The van der Waals surface area contributed by atoms with Crippen molar-refractivity contribution in [3.8, 4) is 5.75 Å². The first-order chi connectivity index (χ1) is 8.82. The highest BCUT2D eigenvalue weighted by Crippen LogP contribution is 2.29. The van der Waals surface area contributed by atoms with Crippen LogP contribution in [0.3, 0.4) is 0 Å². The van der Waals surface area contributed by atoms with Crippen LogP contribution in [0.25, 0.3) is 0 Å². The number of carbonyl (C=O) groups excluding carboxylic acids is 1. The van der Waals surface area contributed by atoms with Crippen LogP contribution in [0.1, 0.15) is 13.8 Å². The Kier molecular flexibility index (Phi) is 4.30. The molecule has 0 radical (unpaired) electrons. The van der Waals surface area contributed by atoms with Gasteiger partial charge in [0.25, 0.3) is 5.69 Å². The molecule has 100 valence electrons. The molecule has 0 aliphatic heterocycles. The third-order valence-corrected chi connectivity index (χ3v) is 2.09. The van der Waals surface area contributed by atoms with E-state index in [2.05, 4.69) is 10.2 Å². The minimum absolute atomic E-state index is 0.283. The maximum atomic E-state index is 11.4. The summed E-state index contributed by atoms with van der Waals surface area (Å²) in [5.41, 5.74) is -0.914. The van der Waals surface area contributed by atoms with Crippen LogP contribution in [0.4, 0.5) is 11.4 Å². The molecule has 0 bridgehead atoms. The number of nitro benzene ring substituents is 1. The molecule has 0 amide bonds. The molecule has 19 heavy (non-hydrogen) atoms. The first-order valence-electron chi connectivity index (χ1n) is 5.11. The number of benzene rings is 1. The van der Waals surface area contributed by atoms with E-state index in [0.717, 1.165) is 18.2 Å². The summed E-state index contributed by atoms with van der Waals surface area (Å²) in [7, 11) is 0. The summed E-state index contributed by atoms with van der Waals surface area (Å²) in [5, 5.41) is 38.0. The number of azo groups is 1. The third kappa shape index (κ3) is 3.60. The number of rotatable bonds is 4. The van der Waals surface area contributed by atoms with E-state index in [9.17, 15) is 25.1 Å². The molecule has 0 aliphatic carbocycles. The number of carbonyl (C=O) groups is 1. The normalized spacial score (nSPS) is 12.3. The molecule has 0 unspecified atom stereocenters. The lowest BCUT2D eigenvalue weighted by molar-refractivity contribution is -0.385. The van der Waals surface area contributed by atoms with Crippen molar-refractivity contribution in [2.45, 2.75) is 13.8 Å². The summed E-state index contributed by atoms with van der Waals surface area (Å²) in [6.07, 6.45) is 0. The Bertz CT molecular complexity index is 588. The van der Waals surface area contributed by atoms with Crippen LogP contribution < -0.4 is 5.11 Å². The van der Waals surface area contributed by atoms with E-state index >= 15 is 0 Å². The van der Waals surface area contributed by atoms with Gasteiger partial charge in [0, 0.05) is 19.1 Å². The van der Waals surface area contributed by atoms with Gasteiger partial charge in [-0.1, -0.05) is 11.8 Å². The Morgan fingerprint density at radius 1 is 1.37 bits per heavy atom. The monoisotopic (exact) mass is 264 g/mol. The first-order valence-corrected chi connectivity index (χ1v) is 5.11. The molecule has 1 aromatic rings. The van der Waals surface area contributed by atoms with Gasteiger partial charge in [0.1, 0.15) is 5.76 Å². The Labute approximate surface area is 107 Å². The number of ketones is 1. The lowest BCUT2D eigenvalue weighted by Gasteiger charge is -2.07. The van der Waals surface area contributed by atoms with Gasteiger partial charge < -0.3 is 10.2 Å². The molecule has 0 saturated heterocycles. The van der Waals surface area contributed by atoms with E-state index in [4.69, 9.17) is 0 Å². The van der Waals surface area contributed by atoms with Crippen LogP contribution in [0.15, 0.2) is 39.9 Å². The zero-order valence-electron chi connectivity index (χ0n) is 10.2. The number of nitro groups is 1. The fraction of sp³-hybridized carbons (Fsp3) is 0.182. The summed E-state index contributed by atoms with van der Waals surface area (Å²) in [6.45, 7) is 2.40. The molecule has 0 fully saturated rings. The van der Waals surface area contributed by atoms with Crippen molar-refractivity contribution >= 4 is 17.2 Å². The molecule has 0 saturated carbocycles. The second-order valence-electron chi connectivity index (χ2n) is 3.60. The Balaban J connectivity index is 3.18. The van der Waals surface area contributed by atoms with Crippen LogP contribution in [0.2, 0.25) is 0 Å². The molecule has 0 aromatic heterocycles. The van der Waals surface area contributed by atoms with Gasteiger partial charge in [0.15, 0.2) is 11.5 Å². The number of allylic oxidation sites excluding steroid dienone is 2. The van der Waals surface area contributed by atoms with Crippen molar-refractivity contribution in [3.05, 3.63) is 39.8 Å². The fourth-order valence-corrected chi connectivity index (χ4v) is 1.20. The molecule has 0 heterocycles. The smallest absolute Gasteiger partial charge is 0.271 e. The van der Waals surface area contributed by atoms with Crippen LogP contribution in [-0.2, 0) is 4.79 Å². The van der Waals surface area contributed by atoms with Crippen LogP contribution >= 0.6 is 0 Å². The minimum atomic E-state index is -0.683. The van der Waals surface area contributed by atoms with Gasteiger partial charge in [-0.25, -0.2) is 0 Å². The van der Waals surface area contributed by atoms with Crippen molar-refractivity contribution in [3.63, 3.8) is 0 Å². The highest BCUT2D eigenvalue weighted by atomic mass is 16.6. The second-order valence-corrected chi connectivity index (χ2v) is 3.60. The van der Waals surface area contributed by atoms with Gasteiger partial charge in [-0.3, -0.25) is 14.9 Å². The van der Waals surface area contributed by atoms with Crippen molar-refractivity contribution in [2.24, 2.45) is 10.2 Å². The summed E-state index contributed by atoms with van der Waals surface area (Å²) < 4.78 is 0. The highest BCUT2D eigenvalue weighted by Gasteiger charge is 2.09. The van der Waals surface area contributed by atoms with Crippen molar-refractivity contribution in [1.82, 2.24) is 0 Å². The number of hydrogen-bond donors (Lipinski definition) is 1. The van der Waals surface area contributed by atoms with E-state index in [0.29, 0.717) is 0 Å². The zero-order valence-corrected chi connectivity index (χ0v) is 10.2. The Hall–Kier alpha value is -2.77. The predicted molar refractivity (Wildman–Crippen MR) is 63.1 cm³/mol. The van der Waals surface area contributed by atoms with Crippen molar-refractivity contribution < 1.29 is 19.9 Å². The summed E-state index contributed by atoms with van der Waals surface area (Å²) in [5.74, 6) is -1.47. The van der Waals surface area contributed by atoms with Gasteiger partial charge in [-0.2, -0.15) is 5.11 Å². The Morgan fingerprint density at radius 3 is 2.47 bits per heavy atom. The predicted octanol–water partition coefficient (Wildman–Crippen LogP) is 2.13. The molecule has 8 heteroatoms. The van der Waals surface area contributed by atoms with Gasteiger partial charge in [0.2, 0.25) is 0 Å². The topological polar surface area (TPSA) is 128 Å². The number of aliphatic hydroxyl groups excluding tert-OH is 1. The van der Waals surface area contributed by atoms with Gasteiger partial charge in [-0.05, 0) is 6.92 Å². The molecule has 1 N–H and O–H groups in total. The van der Waals surface area contributed by atoms with Gasteiger partial charge in [-0.15, -0.1) is 5.11 Å². The molecule has 1 rings (SSSR count). The fourth-order valence-electron chi connectivity index (χ4n) is 1.20. The van der Waals surface area contributed by atoms with Crippen LogP contribution in [-0.4, -0.2) is 15.8 Å². The molecular formula is C11H10N3O5-. The molecular weight excluding hydrogens is 254 g/mol. The largest absolute Gasteiger partial charge is 0.871 e. The number of Topliss-reactive ketones (excluding diaryl/α,β-unsaturated/α-hetero) is 1. The van der Waals surface area contributed by atoms with E-state index in [1.807, 2.05) is 0 Å².